The minimum Gasteiger partial charge on any atom is -0.352 e. The number of alkyl halides is 3. The summed E-state index contributed by atoms with van der Waals surface area (Å²) in [4.78, 5) is 11.8. The molecule has 1 N–H and O–H groups in total. The van der Waals surface area contributed by atoms with E-state index in [1.807, 2.05) is 6.92 Å². The van der Waals surface area contributed by atoms with E-state index in [2.05, 4.69) is 15.5 Å². The Morgan fingerprint density at radius 1 is 1.35 bits per heavy atom. The van der Waals surface area contributed by atoms with Crippen molar-refractivity contribution in [1.82, 2.24) is 24.9 Å². The quantitative estimate of drug-likeness (QED) is 0.912. The van der Waals surface area contributed by atoms with E-state index in [0.717, 1.165) is 17.3 Å². The van der Waals surface area contributed by atoms with Crippen LogP contribution in [0, 0.1) is 13.8 Å². The number of hydrogen-bond donors (Lipinski definition) is 1. The van der Waals surface area contributed by atoms with E-state index in [0.29, 0.717) is 12.2 Å². The molecular formula is C14H18F3N5O. The van der Waals surface area contributed by atoms with Gasteiger partial charge in [0, 0.05) is 43.5 Å². The van der Waals surface area contributed by atoms with Crippen LogP contribution in [-0.4, -0.2) is 25.5 Å². The molecule has 2 aromatic heterocycles. The first kappa shape index (κ1) is 17.0. The third kappa shape index (κ3) is 4.11. The SMILES string of the molecule is Cc1c(CNC(=O)CCn2nc(C(F)(F)F)cc2C)cnn1C. The van der Waals surface area contributed by atoms with Crippen LogP contribution in [0.5, 0.6) is 0 Å². The number of amides is 1. The number of carbonyl (C=O) groups is 1. The number of rotatable bonds is 5. The van der Waals surface area contributed by atoms with E-state index in [4.69, 9.17) is 0 Å². The summed E-state index contributed by atoms with van der Waals surface area (Å²) >= 11 is 0. The molecule has 0 saturated heterocycles. The summed E-state index contributed by atoms with van der Waals surface area (Å²) in [6, 6.07) is 0.969. The van der Waals surface area contributed by atoms with Crippen molar-refractivity contribution in [1.29, 1.82) is 0 Å². The third-order valence-corrected chi connectivity index (χ3v) is 3.64. The molecule has 0 aliphatic rings. The number of nitrogens with one attached hydrogen (secondary N) is 1. The highest BCUT2D eigenvalue weighted by molar-refractivity contribution is 5.75. The molecule has 126 valence electrons. The van der Waals surface area contributed by atoms with Crippen LogP contribution in [0.25, 0.3) is 0 Å². The van der Waals surface area contributed by atoms with Crippen molar-refractivity contribution in [2.45, 2.75) is 39.5 Å². The second-order valence-corrected chi connectivity index (χ2v) is 5.30. The summed E-state index contributed by atoms with van der Waals surface area (Å²) in [6.45, 7) is 3.85. The van der Waals surface area contributed by atoms with Gasteiger partial charge in [-0.25, -0.2) is 0 Å². The number of halogens is 3. The van der Waals surface area contributed by atoms with Crippen LogP contribution in [0.15, 0.2) is 12.3 Å². The van der Waals surface area contributed by atoms with Gasteiger partial charge < -0.3 is 5.32 Å². The van der Waals surface area contributed by atoms with Crippen LogP contribution in [0.3, 0.4) is 0 Å². The summed E-state index contributed by atoms with van der Waals surface area (Å²) in [6.07, 6.45) is -2.75. The minimum absolute atomic E-state index is 0.0547. The topological polar surface area (TPSA) is 64.7 Å². The molecule has 0 spiro atoms. The Balaban J connectivity index is 1.87. The summed E-state index contributed by atoms with van der Waals surface area (Å²) in [5.74, 6) is -0.253. The average Bonchev–Trinajstić information content (AvgIpc) is 2.99. The highest BCUT2D eigenvalue weighted by Crippen LogP contribution is 2.28. The van der Waals surface area contributed by atoms with Gasteiger partial charge in [0.05, 0.1) is 6.20 Å². The van der Waals surface area contributed by atoms with Crippen molar-refractivity contribution in [3.63, 3.8) is 0 Å². The van der Waals surface area contributed by atoms with Crippen LogP contribution in [0.2, 0.25) is 0 Å². The van der Waals surface area contributed by atoms with Gasteiger partial charge in [-0.05, 0) is 19.9 Å². The number of nitrogens with zero attached hydrogens (tertiary/aromatic N) is 4. The molecule has 1 amide bonds. The van der Waals surface area contributed by atoms with Crippen molar-refractivity contribution in [3.8, 4) is 0 Å². The Labute approximate surface area is 131 Å². The Morgan fingerprint density at radius 3 is 2.57 bits per heavy atom. The van der Waals surface area contributed by atoms with Crippen molar-refractivity contribution >= 4 is 5.91 Å². The summed E-state index contributed by atoms with van der Waals surface area (Å²) in [7, 11) is 1.80. The molecule has 2 heterocycles. The lowest BCUT2D eigenvalue weighted by Gasteiger charge is -2.07. The normalized spacial score (nSPS) is 11.7. The second kappa shape index (κ2) is 6.43. The van der Waals surface area contributed by atoms with Crippen molar-refractivity contribution in [2.75, 3.05) is 0 Å². The first-order valence-corrected chi connectivity index (χ1v) is 7.04. The molecule has 0 aliphatic carbocycles. The monoisotopic (exact) mass is 329 g/mol. The fourth-order valence-electron chi connectivity index (χ4n) is 2.08. The van der Waals surface area contributed by atoms with E-state index in [-0.39, 0.29) is 18.9 Å². The summed E-state index contributed by atoms with van der Waals surface area (Å²) in [5, 5.41) is 10.3. The van der Waals surface area contributed by atoms with Crippen molar-refractivity contribution in [2.24, 2.45) is 7.05 Å². The Bertz CT molecular complexity index is 702. The molecule has 6 nitrogen and oxygen atoms in total. The highest BCUT2D eigenvalue weighted by atomic mass is 19.4. The summed E-state index contributed by atoms with van der Waals surface area (Å²) < 4.78 is 40.6. The standard InChI is InChI=1S/C14H18F3N5O/c1-9-6-12(14(15,16)17)20-22(9)5-4-13(23)18-7-11-8-19-21(3)10(11)2/h6,8H,4-5,7H2,1-3H3,(H,18,23). The fourth-order valence-corrected chi connectivity index (χ4v) is 2.08. The lowest BCUT2D eigenvalue weighted by molar-refractivity contribution is -0.141. The van der Waals surface area contributed by atoms with Crippen LogP contribution in [0.1, 0.15) is 29.1 Å². The van der Waals surface area contributed by atoms with Gasteiger partial charge in [0.1, 0.15) is 0 Å². The lowest BCUT2D eigenvalue weighted by Crippen LogP contribution is -2.24. The molecule has 0 aromatic carbocycles. The Kier molecular flexibility index (Phi) is 4.76. The first-order chi connectivity index (χ1) is 10.7. The average molecular weight is 329 g/mol. The molecule has 0 aliphatic heterocycles. The number of carbonyl (C=O) groups excluding carboxylic acids is 1. The minimum atomic E-state index is -4.48. The zero-order chi connectivity index (χ0) is 17.2. The van der Waals surface area contributed by atoms with Gasteiger partial charge in [0.2, 0.25) is 5.91 Å². The molecule has 0 fully saturated rings. The highest BCUT2D eigenvalue weighted by Gasteiger charge is 2.34. The van der Waals surface area contributed by atoms with E-state index < -0.39 is 11.9 Å². The van der Waals surface area contributed by atoms with E-state index in [1.165, 1.54) is 11.6 Å². The molecule has 2 aromatic rings. The molecule has 0 unspecified atom stereocenters. The number of aryl methyl sites for hydroxylation is 3. The zero-order valence-corrected chi connectivity index (χ0v) is 13.1. The van der Waals surface area contributed by atoms with Crippen LogP contribution >= 0.6 is 0 Å². The number of hydrogen-bond acceptors (Lipinski definition) is 3. The maximum atomic E-state index is 12.6. The van der Waals surface area contributed by atoms with Gasteiger partial charge in [0.25, 0.3) is 0 Å². The second-order valence-electron chi connectivity index (χ2n) is 5.30. The first-order valence-electron chi connectivity index (χ1n) is 7.04. The smallest absolute Gasteiger partial charge is 0.352 e. The lowest BCUT2D eigenvalue weighted by atomic mass is 10.2. The van der Waals surface area contributed by atoms with Crippen LogP contribution in [-0.2, 0) is 31.1 Å². The van der Waals surface area contributed by atoms with Gasteiger partial charge in [-0.2, -0.15) is 23.4 Å². The molecule has 0 saturated carbocycles. The molecule has 0 atom stereocenters. The maximum Gasteiger partial charge on any atom is 0.435 e. The van der Waals surface area contributed by atoms with Gasteiger partial charge in [-0.15, -0.1) is 0 Å². The van der Waals surface area contributed by atoms with E-state index in [1.54, 1.807) is 17.9 Å². The predicted octanol–water partition coefficient (Wildman–Crippen LogP) is 1.96. The molecule has 2 rings (SSSR count). The van der Waals surface area contributed by atoms with Crippen LogP contribution in [0.4, 0.5) is 13.2 Å². The molecule has 0 bridgehead atoms. The predicted molar refractivity (Wildman–Crippen MR) is 76.4 cm³/mol. The molecular weight excluding hydrogens is 311 g/mol. The third-order valence-electron chi connectivity index (χ3n) is 3.64. The summed E-state index contributed by atoms with van der Waals surface area (Å²) in [5.41, 5.74) is 1.27. The maximum absolute atomic E-state index is 12.6. The molecule has 9 heteroatoms. The van der Waals surface area contributed by atoms with Crippen molar-refractivity contribution in [3.05, 3.63) is 34.9 Å². The fraction of sp³-hybridized carbons (Fsp3) is 0.500. The Morgan fingerprint density at radius 2 is 2.04 bits per heavy atom. The van der Waals surface area contributed by atoms with E-state index >= 15 is 0 Å². The number of aromatic nitrogens is 4. The molecule has 23 heavy (non-hydrogen) atoms. The van der Waals surface area contributed by atoms with Crippen molar-refractivity contribution < 1.29 is 18.0 Å². The largest absolute Gasteiger partial charge is 0.435 e. The van der Waals surface area contributed by atoms with Crippen LogP contribution < -0.4 is 5.32 Å². The van der Waals surface area contributed by atoms with Gasteiger partial charge in [0.15, 0.2) is 5.69 Å². The zero-order valence-electron chi connectivity index (χ0n) is 13.1. The van der Waals surface area contributed by atoms with Gasteiger partial charge >= 0.3 is 6.18 Å². The Hall–Kier alpha value is -2.32. The molecule has 0 radical (unpaired) electrons. The van der Waals surface area contributed by atoms with Gasteiger partial charge in [-0.3, -0.25) is 14.2 Å². The van der Waals surface area contributed by atoms with Gasteiger partial charge in [-0.1, -0.05) is 0 Å². The van der Waals surface area contributed by atoms with E-state index in [9.17, 15) is 18.0 Å².